The molecule has 25 heavy (non-hydrogen) atoms. The Morgan fingerprint density at radius 1 is 1.32 bits per heavy atom. The fourth-order valence-corrected chi connectivity index (χ4v) is 3.40. The van der Waals surface area contributed by atoms with E-state index in [4.69, 9.17) is 4.74 Å². The van der Waals surface area contributed by atoms with E-state index < -0.39 is 0 Å². The maximum absolute atomic E-state index is 11.9. The van der Waals surface area contributed by atoms with Crippen molar-refractivity contribution in [3.05, 3.63) is 47.3 Å². The monoisotopic (exact) mass is 341 g/mol. The van der Waals surface area contributed by atoms with Crippen LogP contribution in [0.4, 0.5) is 0 Å². The Labute approximate surface area is 149 Å². The van der Waals surface area contributed by atoms with Crippen molar-refractivity contribution in [1.29, 1.82) is 0 Å². The van der Waals surface area contributed by atoms with Crippen LogP contribution < -0.4 is 5.32 Å². The molecule has 2 aromatic rings. The van der Waals surface area contributed by atoms with Crippen LogP contribution in [0.5, 0.6) is 0 Å². The van der Waals surface area contributed by atoms with Gasteiger partial charge in [0.05, 0.1) is 17.9 Å². The minimum Gasteiger partial charge on any atom is -0.375 e. The van der Waals surface area contributed by atoms with Crippen LogP contribution in [0.1, 0.15) is 56.5 Å². The highest BCUT2D eigenvalue weighted by Crippen LogP contribution is 2.31. The molecule has 1 heterocycles. The van der Waals surface area contributed by atoms with Gasteiger partial charge < -0.3 is 10.1 Å². The summed E-state index contributed by atoms with van der Waals surface area (Å²) in [6.07, 6.45) is 4.85. The van der Waals surface area contributed by atoms with Crippen molar-refractivity contribution < 1.29 is 9.53 Å². The second-order valence-corrected chi connectivity index (χ2v) is 7.70. The van der Waals surface area contributed by atoms with E-state index in [1.807, 2.05) is 10.9 Å². The number of carbonyl (C=O) groups is 1. The molecule has 0 bridgehead atoms. The van der Waals surface area contributed by atoms with Gasteiger partial charge in [0, 0.05) is 18.4 Å². The van der Waals surface area contributed by atoms with Crippen molar-refractivity contribution in [2.45, 2.75) is 51.5 Å². The minimum atomic E-state index is -0.0809. The van der Waals surface area contributed by atoms with E-state index in [1.165, 1.54) is 18.4 Å². The molecular weight excluding hydrogens is 314 g/mol. The predicted molar refractivity (Wildman–Crippen MR) is 98.0 cm³/mol. The van der Waals surface area contributed by atoms with Gasteiger partial charge in [-0.1, -0.05) is 32.9 Å². The summed E-state index contributed by atoms with van der Waals surface area (Å²) in [7, 11) is 1.53. The normalized spacial score (nSPS) is 17.2. The highest BCUT2D eigenvalue weighted by molar-refractivity contribution is 5.77. The van der Waals surface area contributed by atoms with Crippen LogP contribution >= 0.6 is 0 Å². The van der Waals surface area contributed by atoms with Gasteiger partial charge in [-0.25, -0.2) is 4.68 Å². The van der Waals surface area contributed by atoms with Crippen molar-refractivity contribution in [1.82, 2.24) is 15.1 Å². The van der Waals surface area contributed by atoms with E-state index in [-0.39, 0.29) is 24.0 Å². The molecule has 0 spiro atoms. The van der Waals surface area contributed by atoms with Crippen molar-refractivity contribution in [3.8, 4) is 5.69 Å². The number of methoxy groups -OCH3 is 1. The van der Waals surface area contributed by atoms with Gasteiger partial charge in [0.2, 0.25) is 5.91 Å². The van der Waals surface area contributed by atoms with E-state index >= 15 is 0 Å². The fraction of sp³-hybridized carbons (Fsp3) is 0.500. The van der Waals surface area contributed by atoms with Gasteiger partial charge in [-0.2, -0.15) is 5.10 Å². The van der Waals surface area contributed by atoms with Gasteiger partial charge in [0.15, 0.2) is 0 Å². The minimum absolute atomic E-state index is 0.0222. The van der Waals surface area contributed by atoms with Crippen LogP contribution in [-0.4, -0.2) is 29.4 Å². The summed E-state index contributed by atoms with van der Waals surface area (Å²) in [5.41, 5.74) is 4.83. The Kier molecular flexibility index (Phi) is 4.95. The Balaban J connectivity index is 1.86. The van der Waals surface area contributed by atoms with Gasteiger partial charge in [0.1, 0.15) is 6.61 Å². The molecule has 5 nitrogen and oxygen atoms in total. The number of rotatable bonds is 4. The lowest BCUT2D eigenvalue weighted by Crippen LogP contribution is -2.33. The summed E-state index contributed by atoms with van der Waals surface area (Å²) in [5.74, 6) is -0.0809. The van der Waals surface area contributed by atoms with Crippen LogP contribution in [0, 0.1) is 0 Å². The van der Waals surface area contributed by atoms with E-state index in [2.05, 4.69) is 55.5 Å². The van der Waals surface area contributed by atoms with Gasteiger partial charge >= 0.3 is 0 Å². The lowest BCUT2D eigenvalue weighted by molar-refractivity contribution is -0.125. The summed E-state index contributed by atoms with van der Waals surface area (Å²) in [5, 5.41) is 7.65. The highest BCUT2D eigenvalue weighted by Gasteiger charge is 2.26. The molecule has 1 atom stereocenters. The van der Waals surface area contributed by atoms with Gasteiger partial charge in [-0.05, 0) is 42.4 Å². The number of hydrogen-bond acceptors (Lipinski definition) is 3. The molecule has 1 aromatic carbocycles. The zero-order valence-corrected chi connectivity index (χ0v) is 15.5. The highest BCUT2D eigenvalue weighted by atomic mass is 16.5. The Bertz CT molecular complexity index is 741. The summed E-state index contributed by atoms with van der Waals surface area (Å²) >= 11 is 0. The molecule has 1 amide bonds. The number of fused-ring (bicyclic) bond motifs is 1. The number of aromatic nitrogens is 2. The topological polar surface area (TPSA) is 56.1 Å². The first-order valence-electron chi connectivity index (χ1n) is 8.86. The summed E-state index contributed by atoms with van der Waals surface area (Å²) in [4.78, 5) is 11.9. The van der Waals surface area contributed by atoms with E-state index in [0.717, 1.165) is 30.5 Å². The Morgan fingerprint density at radius 3 is 2.68 bits per heavy atom. The summed E-state index contributed by atoms with van der Waals surface area (Å²) in [6.45, 7) is 6.73. The number of ether oxygens (including phenoxy) is 1. The van der Waals surface area contributed by atoms with E-state index in [0.29, 0.717) is 0 Å². The Hall–Kier alpha value is -2.14. The average molecular weight is 341 g/mol. The first kappa shape index (κ1) is 17.7. The standard InChI is InChI=1S/C20H27N3O2/c1-20(2,3)14-8-10-15(11-9-14)23-18-7-5-6-17(16(18)12-21-23)22-19(24)13-25-4/h8-12,17H,5-7,13H2,1-4H3,(H,22,24)/t17-/m0/s1. The average Bonchev–Trinajstić information content (AvgIpc) is 2.99. The largest absolute Gasteiger partial charge is 0.375 e. The molecule has 0 unspecified atom stereocenters. The summed E-state index contributed by atoms with van der Waals surface area (Å²) < 4.78 is 6.92. The first-order valence-corrected chi connectivity index (χ1v) is 8.86. The van der Waals surface area contributed by atoms with Crippen LogP contribution in [0.3, 0.4) is 0 Å². The molecule has 1 aliphatic carbocycles. The smallest absolute Gasteiger partial charge is 0.246 e. The number of benzene rings is 1. The number of nitrogens with one attached hydrogen (secondary N) is 1. The number of carbonyl (C=O) groups excluding carboxylic acids is 1. The van der Waals surface area contributed by atoms with Gasteiger partial charge in [-0.15, -0.1) is 0 Å². The van der Waals surface area contributed by atoms with E-state index in [1.54, 1.807) is 0 Å². The van der Waals surface area contributed by atoms with Crippen molar-refractivity contribution in [2.24, 2.45) is 0 Å². The maximum Gasteiger partial charge on any atom is 0.246 e. The SMILES string of the molecule is COCC(=O)N[C@H]1CCCc2c1cnn2-c1ccc(C(C)(C)C)cc1. The molecule has 1 N–H and O–H groups in total. The third-order valence-corrected chi connectivity index (χ3v) is 4.77. The van der Waals surface area contributed by atoms with Crippen LogP contribution in [0.2, 0.25) is 0 Å². The molecular formula is C20H27N3O2. The predicted octanol–water partition coefficient (Wildman–Crippen LogP) is 3.31. The quantitative estimate of drug-likeness (QED) is 0.928. The third-order valence-electron chi connectivity index (χ3n) is 4.77. The Morgan fingerprint density at radius 2 is 2.04 bits per heavy atom. The van der Waals surface area contributed by atoms with Crippen LogP contribution in [0.15, 0.2) is 30.5 Å². The van der Waals surface area contributed by atoms with Crippen molar-refractivity contribution in [2.75, 3.05) is 13.7 Å². The summed E-state index contributed by atoms with van der Waals surface area (Å²) in [6, 6.07) is 8.62. The van der Waals surface area contributed by atoms with Crippen LogP contribution in [-0.2, 0) is 21.4 Å². The van der Waals surface area contributed by atoms with Gasteiger partial charge in [0.25, 0.3) is 0 Å². The maximum atomic E-state index is 11.9. The third kappa shape index (κ3) is 3.76. The van der Waals surface area contributed by atoms with E-state index in [9.17, 15) is 4.79 Å². The van der Waals surface area contributed by atoms with Crippen molar-refractivity contribution >= 4 is 5.91 Å². The molecule has 3 rings (SSSR count). The molecule has 0 radical (unpaired) electrons. The molecule has 0 saturated heterocycles. The second-order valence-electron chi connectivity index (χ2n) is 7.70. The lowest BCUT2D eigenvalue weighted by Gasteiger charge is -2.24. The number of amides is 1. The molecule has 1 aliphatic rings. The first-order chi connectivity index (χ1) is 11.9. The molecule has 0 saturated carbocycles. The molecule has 134 valence electrons. The number of hydrogen-bond donors (Lipinski definition) is 1. The number of nitrogens with zero attached hydrogens (tertiary/aromatic N) is 2. The second kappa shape index (κ2) is 7.00. The zero-order valence-electron chi connectivity index (χ0n) is 15.5. The zero-order chi connectivity index (χ0) is 18.0. The molecule has 1 aromatic heterocycles. The molecule has 0 aliphatic heterocycles. The molecule has 0 fully saturated rings. The van der Waals surface area contributed by atoms with Gasteiger partial charge in [-0.3, -0.25) is 4.79 Å². The molecule has 5 heteroatoms. The van der Waals surface area contributed by atoms with Crippen molar-refractivity contribution in [3.63, 3.8) is 0 Å². The fourth-order valence-electron chi connectivity index (χ4n) is 3.40. The lowest BCUT2D eigenvalue weighted by atomic mass is 9.87. The van der Waals surface area contributed by atoms with Crippen LogP contribution in [0.25, 0.3) is 5.69 Å².